The smallest absolute Gasteiger partial charge is 0.263 e. The van der Waals surface area contributed by atoms with E-state index in [1.165, 1.54) is 6.07 Å². The number of sulfonamides is 1. The molecule has 3 rings (SSSR count). The Labute approximate surface area is 177 Å². The number of carbonyl (C=O) groups excluding carboxylic acids is 1. The third-order valence-corrected chi connectivity index (χ3v) is 6.54. The number of fused-ring (bicyclic) bond motifs is 1. The first kappa shape index (κ1) is 20.8. The van der Waals surface area contributed by atoms with E-state index in [4.69, 9.17) is 11.6 Å². The van der Waals surface area contributed by atoms with Crippen molar-refractivity contribution in [3.8, 4) is 0 Å². The quantitative estimate of drug-likeness (QED) is 0.681. The Morgan fingerprint density at radius 3 is 2.64 bits per heavy atom. The van der Waals surface area contributed by atoms with Crippen LogP contribution in [0.1, 0.15) is 25.0 Å². The molecule has 28 heavy (non-hydrogen) atoms. The van der Waals surface area contributed by atoms with Crippen molar-refractivity contribution >= 4 is 49.3 Å². The maximum atomic E-state index is 12.7. The first-order valence-corrected chi connectivity index (χ1v) is 11.3. The number of benzene rings is 2. The lowest BCUT2D eigenvalue weighted by Crippen LogP contribution is -2.38. The molecule has 2 aromatic carbocycles. The normalized spacial score (nSPS) is 17.2. The van der Waals surface area contributed by atoms with E-state index in [0.29, 0.717) is 10.6 Å². The molecule has 1 atom stereocenters. The molecule has 0 fully saturated rings. The molecule has 0 radical (unpaired) electrons. The van der Waals surface area contributed by atoms with E-state index in [-0.39, 0.29) is 29.1 Å². The number of rotatable bonds is 5. The number of hydrogen-bond donors (Lipinski definition) is 2. The van der Waals surface area contributed by atoms with Gasteiger partial charge in [0.2, 0.25) is 5.91 Å². The number of halogens is 2. The van der Waals surface area contributed by atoms with Crippen LogP contribution < -0.4 is 10.0 Å². The molecule has 2 aromatic rings. The van der Waals surface area contributed by atoms with Gasteiger partial charge in [0.15, 0.2) is 0 Å². The Kier molecular flexibility index (Phi) is 6.12. The van der Waals surface area contributed by atoms with Crippen LogP contribution in [0.2, 0.25) is 5.02 Å². The van der Waals surface area contributed by atoms with Gasteiger partial charge in [-0.25, -0.2) is 8.42 Å². The molecule has 1 aliphatic heterocycles. The van der Waals surface area contributed by atoms with Crippen molar-refractivity contribution in [3.63, 3.8) is 0 Å². The summed E-state index contributed by atoms with van der Waals surface area (Å²) in [7, 11) is -3.65. The van der Waals surface area contributed by atoms with Gasteiger partial charge >= 0.3 is 0 Å². The third kappa shape index (κ3) is 4.39. The van der Waals surface area contributed by atoms with E-state index in [1.807, 2.05) is 26.0 Å². The van der Waals surface area contributed by atoms with Crippen LogP contribution in [0.3, 0.4) is 0 Å². The molecule has 1 amide bonds. The predicted molar refractivity (Wildman–Crippen MR) is 113 cm³/mol. The Hall–Kier alpha value is -1.90. The van der Waals surface area contributed by atoms with Crippen LogP contribution in [0, 0.1) is 5.92 Å². The van der Waals surface area contributed by atoms with Gasteiger partial charge < -0.3 is 5.32 Å². The van der Waals surface area contributed by atoms with Gasteiger partial charge in [0, 0.05) is 21.6 Å². The van der Waals surface area contributed by atoms with E-state index in [9.17, 15) is 13.2 Å². The average Bonchev–Trinajstić information content (AvgIpc) is 2.89. The monoisotopic (exact) mass is 483 g/mol. The fourth-order valence-electron chi connectivity index (χ4n) is 2.83. The summed E-state index contributed by atoms with van der Waals surface area (Å²) in [5.41, 5.74) is 1.25. The number of aliphatic imine (C=N–C) groups is 1. The highest BCUT2D eigenvalue weighted by Gasteiger charge is 2.32. The third-order valence-electron chi connectivity index (χ3n) is 4.30. The Balaban J connectivity index is 1.82. The lowest BCUT2D eigenvalue weighted by Gasteiger charge is -2.17. The number of carbonyl (C=O) groups is 1. The van der Waals surface area contributed by atoms with Crippen LogP contribution >= 0.6 is 27.5 Å². The second-order valence-electron chi connectivity index (χ2n) is 6.72. The van der Waals surface area contributed by atoms with Crippen LogP contribution in [0.4, 0.5) is 0 Å². The highest BCUT2D eigenvalue weighted by molar-refractivity contribution is 9.10. The van der Waals surface area contributed by atoms with E-state index in [0.717, 1.165) is 10.0 Å². The van der Waals surface area contributed by atoms with E-state index in [1.54, 1.807) is 24.3 Å². The minimum Gasteiger partial charge on any atom is -0.350 e. The average molecular weight is 485 g/mol. The molecule has 0 saturated heterocycles. The molecule has 0 unspecified atom stereocenters. The van der Waals surface area contributed by atoms with Gasteiger partial charge in [0.1, 0.15) is 11.9 Å². The number of amides is 1. The highest BCUT2D eigenvalue weighted by atomic mass is 79.9. The Bertz CT molecular complexity index is 1050. The maximum absolute atomic E-state index is 12.7. The van der Waals surface area contributed by atoms with Crippen LogP contribution in [-0.4, -0.2) is 26.2 Å². The molecule has 0 spiro atoms. The maximum Gasteiger partial charge on any atom is 0.263 e. The zero-order valence-corrected chi connectivity index (χ0v) is 18.4. The summed E-state index contributed by atoms with van der Waals surface area (Å²) in [4.78, 5) is 17.3. The summed E-state index contributed by atoms with van der Waals surface area (Å²) < 4.78 is 27.8. The first-order chi connectivity index (χ1) is 13.2. The summed E-state index contributed by atoms with van der Waals surface area (Å²) in [6.45, 7) is 3.97. The topological polar surface area (TPSA) is 87.6 Å². The lowest BCUT2D eigenvalue weighted by molar-refractivity contribution is -0.123. The number of nitrogens with one attached hydrogen (secondary N) is 2. The van der Waals surface area contributed by atoms with Crippen molar-refractivity contribution in [2.75, 3.05) is 0 Å². The fourth-order valence-corrected chi connectivity index (χ4v) is 4.81. The van der Waals surface area contributed by atoms with Gasteiger partial charge in [0.05, 0.1) is 4.90 Å². The molecule has 0 saturated carbocycles. The molecule has 1 heterocycles. The fraction of sp³-hybridized carbons (Fsp3) is 0.263. The predicted octanol–water partition coefficient (Wildman–Crippen LogP) is 3.48. The standard InChI is InChI=1S/C19H19BrClN3O3S/c1-11(2)17(19(25)22-10-12-7-8-13(20)9-15(12)21)23-18-14-5-3-4-6-16(14)28(26,27)24-18/h3-9,11,17H,10H2,1-2H3,(H,22,25)(H,23,24)/t17-/m0/s1. The summed E-state index contributed by atoms with van der Waals surface area (Å²) in [6.07, 6.45) is 0. The highest BCUT2D eigenvalue weighted by Crippen LogP contribution is 2.24. The van der Waals surface area contributed by atoms with Crippen LogP contribution in [0.15, 0.2) is 56.8 Å². The molecular formula is C19H19BrClN3O3S. The number of nitrogens with zero attached hydrogens (tertiary/aromatic N) is 1. The van der Waals surface area contributed by atoms with Gasteiger partial charge in [-0.05, 0) is 35.7 Å². The molecule has 148 valence electrons. The molecule has 0 aliphatic carbocycles. The van der Waals surface area contributed by atoms with Gasteiger partial charge in [-0.2, -0.15) is 0 Å². The lowest BCUT2D eigenvalue weighted by atomic mass is 10.0. The molecule has 0 bridgehead atoms. The van der Waals surface area contributed by atoms with Gasteiger partial charge in [-0.15, -0.1) is 0 Å². The van der Waals surface area contributed by atoms with Gasteiger partial charge in [-0.3, -0.25) is 14.5 Å². The van der Waals surface area contributed by atoms with E-state index < -0.39 is 16.1 Å². The number of amidine groups is 1. The van der Waals surface area contributed by atoms with Crippen molar-refractivity contribution in [1.29, 1.82) is 0 Å². The summed E-state index contributed by atoms with van der Waals surface area (Å²) in [6, 6.07) is 11.2. The minimum absolute atomic E-state index is 0.134. The van der Waals surface area contributed by atoms with Crippen molar-refractivity contribution in [1.82, 2.24) is 10.0 Å². The van der Waals surface area contributed by atoms with Crippen LogP contribution in [0.25, 0.3) is 0 Å². The Morgan fingerprint density at radius 2 is 1.96 bits per heavy atom. The van der Waals surface area contributed by atoms with Crippen LogP contribution in [-0.2, 0) is 21.4 Å². The first-order valence-electron chi connectivity index (χ1n) is 8.60. The van der Waals surface area contributed by atoms with Crippen LogP contribution in [0.5, 0.6) is 0 Å². The zero-order valence-electron chi connectivity index (χ0n) is 15.2. The number of hydrogen-bond acceptors (Lipinski definition) is 4. The Morgan fingerprint density at radius 1 is 1.25 bits per heavy atom. The molecule has 1 aliphatic rings. The van der Waals surface area contributed by atoms with Crippen molar-refractivity contribution < 1.29 is 13.2 Å². The molecule has 2 N–H and O–H groups in total. The molecular weight excluding hydrogens is 466 g/mol. The minimum atomic E-state index is -3.65. The summed E-state index contributed by atoms with van der Waals surface area (Å²) in [5.74, 6) is -0.249. The molecule has 6 nitrogen and oxygen atoms in total. The largest absolute Gasteiger partial charge is 0.350 e. The van der Waals surface area contributed by atoms with Crippen molar-refractivity contribution in [2.45, 2.75) is 31.3 Å². The zero-order chi connectivity index (χ0) is 20.5. The SMILES string of the molecule is CC(C)[C@H](N=C1NS(=O)(=O)c2ccccc21)C(=O)NCc1ccc(Br)cc1Cl. The van der Waals surface area contributed by atoms with Crippen molar-refractivity contribution in [2.24, 2.45) is 10.9 Å². The second kappa shape index (κ2) is 8.23. The molecule has 9 heteroatoms. The summed E-state index contributed by atoms with van der Waals surface area (Å²) in [5, 5.41) is 3.38. The summed E-state index contributed by atoms with van der Waals surface area (Å²) >= 11 is 9.54. The van der Waals surface area contributed by atoms with Gasteiger partial charge in [0.25, 0.3) is 10.0 Å². The second-order valence-corrected chi connectivity index (χ2v) is 9.70. The van der Waals surface area contributed by atoms with Crippen molar-refractivity contribution in [3.05, 3.63) is 63.1 Å². The van der Waals surface area contributed by atoms with E-state index in [2.05, 4.69) is 31.0 Å². The molecule has 0 aromatic heterocycles. The van der Waals surface area contributed by atoms with E-state index >= 15 is 0 Å². The van der Waals surface area contributed by atoms with Gasteiger partial charge in [-0.1, -0.05) is 59.6 Å².